The fourth-order valence-corrected chi connectivity index (χ4v) is 5.04. The molecule has 9 nitrogen and oxygen atoms in total. The summed E-state index contributed by atoms with van der Waals surface area (Å²) in [6, 6.07) is 11.8. The van der Waals surface area contributed by atoms with E-state index in [4.69, 9.17) is 0 Å². The van der Waals surface area contributed by atoms with Gasteiger partial charge in [-0.25, -0.2) is 18.2 Å². The van der Waals surface area contributed by atoms with Crippen molar-refractivity contribution in [1.82, 2.24) is 9.88 Å². The Morgan fingerprint density at radius 2 is 1.71 bits per heavy atom. The van der Waals surface area contributed by atoms with Gasteiger partial charge in [-0.05, 0) is 49.9 Å². The summed E-state index contributed by atoms with van der Waals surface area (Å²) in [7, 11) is -3.93. The molecule has 0 unspecified atom stereocenters. The average Bonchev–Trinajstić information content (AvgIpc) is 2.83. The lowest BCUT2D eigenvalue weighted by Crippen LogP contribution is -2.46. The fourth-order valence-electron chi connectivity index (χ4n) is 3.99. The van der Waals surface area contributed by atoms with Crippen LogP contribution in [0.4, 0.5) is 11.5 Å². The maximum Gasteiger partial charge on any atom is 0.336 e. The Balaban J connectivity index is 1.65. The molecule has 1 aliphatic rings. The number of carboxylic acids is 1. The number of aromatic carboxylic acids is 1. The number of nitrogens with one attached hydrogen (secondary N) is 1. The van der Waals surface area contributed by atoms with Crippen LogP contribution in [0.25, 0.3) is 10.9 Å². The first-order chi connectivity index (χ1) is 16.2. The summed E-state index contributed by atoms with van der Waals surface area (Å²) in [6.45, 7) is 7.76. The first-order valence-corrected chi connectivity index (χ1v) is 12.5. The molecule has 1 aromatic heterocycles. The molecule has 0 bridgehead atoms. The molecule has 3 aromatic rings. The van der Waals surface area contributed by atoms with E-state index in [1.807, 2.05) is 0 Å². The molecule has 34 heavy (non-hydrogen) atoms. The molecule has 1 saturated heterocycles. The van der Waals surface area contributed by atoms with Gasteiger partial charge in [-0.3, -0.25) is 9.52 Å². The van der Waals surface area contributed by atoms with E-state index in [9.17, 15) is 23.1 Å². The number of Topliss-reactive ketones (excluding diaryl/α,β-unsaturated/α-hetero) is 1. The number of ketones is 1. The first kappa shape index (κ1) is 23.7. The molecule has 0 saturated carbocycles. The lowest BCUT2D eigenvalue weighted by atomic mass is 10.1. The zero-order chi connectivity index (χ0) is 24.5. The van der Waals surface area contributed by atoms with Gasteiger partial charge in [0.25, 0.3) is 10.0 Å². The third-order valence-electron chi connectivity index (χ3n) is 5.99. The second kappa shape index (κ2) is 9.40. The Morgan fingerprint density at radius 3 is 2.29 bits per heavy atom. The molecule has 178 valence electrons. The Bertz CT molecular complexity index is 1350. The maximum absolute atomic E-state index is 12.8. The number of fused-ring (bicyclic) bond motifs is 1. The van der Waals surface area contributed by atoms with Crippen molar-refractivity contribution >= 4 is 44.2 Å². The molecule has 0 spiro atoms. The largest absolute Gasteiger partial charge is 0.478 e. The fraction of sp³-hybridized carbons (Fsp3) is 0.292. The van der Waals surface area contributed by atoms with Crippen molar-refractivity contribution in [2.45, 2.75) is 18.7 Å². The molecule has 0 aliphatic carbocycles. The van der Waals surface area contributed by atoms with Gasteiger partial charge < -0.3 is 14.9 Å². The molecule has 1 fully saturated rings. The summed E-state index contributed by atoms with van der Waals surface area (Å²) in [4.78, 5) is 32.5. The van der Waals surface area contributed by atoms with Gasteiger partial charge >= 0.3 is 5.97 Å². The zero-order valence-electron chi connectivity index (χ0n) is 19.0. The second-order valence-corrected chi connectivity index (χ2v) is 9.85. The number of likely N-dealkylation sites (N-methyl/N-ethyl adjacent to an activating group) is 1. The van der Waals surface area contributed by atoms with E-state index in [1.54, 1.807) is 18.2 Å². The van der Waals surface area contributed by atoms with E-state index < -0.39 is 16.0 Å². The standard InChI is InChI=1S/C24H26N4O5S/c1-3-27-10-12-28(13-11-27)23-15-21(24(30)31)20-14-18(6-9-22(20)25-23)26-34(32,33)19-7-4-17(5-8-19)16(2)29/h4-9,14-15,26H,3,10-13H2,1-2H3,(H,30,31). The number of carboxylic acid groups (broad SMARTS) is 1. The Morgan fingerprint density at radius 1 is 1.03 bits per heavy atom. The smallest absolute Gasteiger partial charge is 0.336 e. The Labute approximate surface area is 198 Å². The van der Waals surface area contributed by atoms with Gasteiger partial charge in [0.15, 0.2) is 5.78 Å². The van der Waals surface area contributed by atoms with E-state index in [1.165, 1.54) is 37.3 Å². The number of sulfonamides is 1. The average molecular weight is 483 g/mol. The van der Waals surface area contributed by atoms with Crippen molar-refractivity contribution in [2.24, 2.45) is 0 Å². The molecule has 0 atom stereocenters. The van der Waals surface area contributed by atoms with Gasteiger partial charge in [0, 0.05) is 42.8 Å². The maximum atomic E-state index is 12.8. The molecule has 0 amide bonds. The van der Waals surface area contributed by atoms with Crippen LogP contribution >= 0.6 is 0 Å². The number of hydrogen-bond donors (Lipinski definition) is 2. The molecule has 1 aliphatic heterocycles. The van der Waals surface area contributed by atoms with Crippen LogP contribution in [0.5, 0.6) is 0 Å². The third-order valence-corrected chi connectivity index (χ3v) is 7.39. The number of benzene rings is 2. The number of carbonyl (C=O) groups excluding carboxylic acids is 1. The van der Waals surface area contributed by atoms with E-state index >= 15 is 0 Å². The van der Waals surface area contributed by atoms with Crippen molar-refractivity contribution in [1.29, 1.82) is 0 Å². The lowest BCUT2D eigenvalue weighted by Gasteiger charge is -2.35. The molecule has 2 N–H and O–H groups in total. The molecule has 10 heteroatoms. The van der Waals surface area contributed by atoms with Crippen molar-refractivity contribution in [3.05, 3.63) is 59.7 Å². The highest BCUT2D eigenvalue weighted by molar-refractivity contribution is 7.92. The van der Waals surface area contributed by atoms with E-state index in [0.717, 1.165) is 32.7 Å². The number of nitrogens with zero attached hydrogens (tertiary/aromatic N) is 3. The number of pyridine rings is 1. The van der Waals surface area contributed by atoms with E-state index in [0.29, 0.717) is 22.3 Å². The van der Waals surface area contributed by atoms with E-state index in [-0.39, 0.29) is 21.9 Å². The summed E-state index contributed by atoms with van der Waals surface area (Å²) in [5, 5.41) is 10.2. The minimum atomic E-state index is -3.93. The molecular weight excluding hydrogens is 456 g/mol. The molecule has 0 radical (unpaired) electrons. The lowest BCUT2D eigenvalue weighted by molar-refractivity contribution is 0.0698. The SMILES string of the molecule is CCN1CCN(c2cc(C(=O)O)c3cc(NS(=O)(=O)c4ccc(C(C)=O)cc4)ccc3n2)CC1. The van der Waals surface area contributed by atoms with Crippen LogP contribution < -0.4 is 9.62 Å². The minimum absolute atomic E-state index is 0.00394. The summed E-state index contributed by atoms with van der Waals surface area (Å²) >= 11 is 0. The monoisotopic (exact) mass is 482 g/mol. The van der Waals surface area contributed by atoms with Crippen LogP contribution in [0, 0.1) is 0 Å². The Kier molecular flexibility index (Phi) is 6.54. The number of carbonyl (C=O) groups is 2. The number of aromatic nitrogens is 1. The van der Waals surface area contributed by atoms with Gasteiger partial charge in [-0.2, -0.15) is 0 Å². The molecule has 4 rings (SSSR count). The Hall–Kier alpha value is -3.50. The summed E-state index contributed by atoms with van der Waals surface area (Å²) in [5.41, 5.74) is 1.16. The number of anilines is 2. The third kappa shape index (κ3) is 4.87. The van der Waals surface area contributed by atoms with Gasteiger partial charge in [-0.1, -0.05) is 19.1 Å². The van der Waals surface area contributed by atoms with Gasteiger partial charge in [0.05, 0.1) is 16.0 Å². The topological polar surface area (TPSA) is 120 Å². The van der Waals surface area contributed by atoms with Crippen molar-refractivity contribution in [3.63, 3.8) is 0 Å². The summed E-state index contributed by atoms with van der Waals surface area (Å²) in [6.07, 6.45) is 0. The van der Waals surface area contributed by atoms with Crippen LogP contribution in [0.2, 0.25) is 0 Å². The van der Waals surface area contributed by atoms with Crippen LogP contribution in [0.3, 0.4) is 0 Å². The molecule has 2 heterocycles. The minimum Gasteiger partial charge on any atom is -0.478 e. The van der Waals surface area contributed by atoms with Crippen LogP contribution in [-0.4, -0.2) is 67.9 Å². The van der Waals surface area contributed by atoms with Gasteiger partial charge in [0.2, 0.25) is 0 Å². The summed E-state index contributed by atoms with van der Waals surface area (Å²) < 4.78 is 28.1. The number of hydrogen-bond acceptors (Lipinski definition) is 7. The van der Waals surface area contributed by atoms with Crippen molar-refractivity contribution in [3.8, 4) is 0 Å². The number of piperazine rings is 1. The second-order valence-electron chi connectivity index (χ2n) is 8.17. The van der Waals surface area contributed by atoms with Crippen LogP contribution in [-0.2, 0) is 10.0 Å². The summed E-state index contributed by atoms with van der Waals surface area (Å²) in [5.74, 6) is -0.674. The van der Waals surface area contributed by atoms with Gasteiger partial charge in [0.1, 0.15) is 5.82 Å². The highest BCUT2D eigenvalue weighted by Gasteiger charge is 2.21. The highest BCUT2D eigenvalue weighted by atomic mass is 32.2. The van der Waals surface area contributed by atoms with Gasteiger partial charge in [-0.15, -0.1) is 0 Å². The normalized spacial score (nSPS) is 14.8. The highest BCUT2D eigenvalue weighted by Crippen LogP contribution is 2.28. The van der Waals surface area contributed by atoms with Crippen LogP contribution in [0.1, 0.15) is 34.6 Å². The van der Waals surface area contributed by atoms with Crippen molar-refractivity contribution in [2.75, 3.05) is 42.3 Å². The molecule has 2 aromatic carbocycles. The van der Waals surface area contributed by atoms with Crippen molar-refractivity contribution < 1.29 is 23.1 Å². The molecular formula is C24H26N4O5S. The quantitative estimate of drug-likeness (QED) is 0.493. The first-order valence-electron chi connectivity index (χ1n) is 11.0. The van der Waals surface area contributed by atoms with Crippen LogP contribution in [0.15, 0.2) is 53.4 Å². The predicted molar refractivity (Wildman–Crippen MR) is 130 cm³/mol. The van der Waals surface area contributed by atoms with E-state index in [2.05, 4.69) is 26.4 Å². The predicted octanol–water partition coefficient (Wildman–Crippen LogP) is 3.08. The number of rotatable bonds is 7. The zero-order valence-corrected chi connectivity index (χ0v) is 19.8.